The maximum absolute atomic E-state index is 13.6. The van der Waals surface area contributed by atoms with Crippen molar-refractivity contribution in [2.24, 2.45) is 11.8 Å². The molecule has 1 saturated heterocycles. The molecule has 2 bridgehead atoms. The standard InChI is InChI=1S/C11H9F6NO7S/c12-9(13,10(14,15)11(16,17)18(20)21)8(19)24-6-3-1-4-5(2-3)26(22,23)25-7(4)6/h3-7H,1-2H2. The second-order valence-electron chi connectivity index (χ2n) is 6.30. The van der Waals surface area contributed by atoms with Gasteiger partial charge in [0.15, 0.2) is 0 Å². The van der Waals surface area contributed by atoms with Crippen LogP contribution in [0.5, 0.6) is 0 Å². The molecule has 0 spiro atoms. The number of carbonyl (C=O) groups excluding carboxylic acids is 1. The van der Waals surface area contributed by atoms with Gasteiger partial charge in [-0.15, -0.1) is 8.78 Å². The van der Waals surface area contributed by atoms with Gasteiger partial charge >= 0.3 is 23.9 Å². The maximum Gasteiger partial charge on any atom is 0.583 e. The summed E-state index contributed by atoms with van der Waals surface area (Å²) in [5.41, 5.74) is 0. The molecule has 0 aromatic heterocycles. The number of nitro groups is 1. The Bertz CT molecular complexity index is 771. The zero-order valence-corrected chi connectivity index (χ0v) is 13.1. The van der Waals surface area contributed by atoms with E-state index >= 15 is 0 Å². The minimum atomic E-state index is -6.68. The number of halogens is 6. The zero-order chi connectivity index (χ0) is 19.9. The lowest BCUT2D eigenvalue weighted by molar-refractivity contribution is -0.682. The van der Waals surface area contributed by atoms with E-state index in [1.54, 1.807) is 0 Å². The lowest BCUT2D eigenvalue weighted by Gasteiger charge is -2.29. The van der Waals surface area contributed by atoms with Crippen LogP contribution in [0.2, 0.25) is 0 Å². The van der Waals surface area contributed by atoms with Gasteiger partial charge in [-0.3, -0.25) is 14.3 Å². The van der Waals surface area contributed by atoms with Crippen LogP contribution in [0.25, 0.3) is 0 Å². The van der Waals surface area contributed by atoms with Crippen molar-refractivity contribution in [1.82, 2.24) is 0 Å². The summed E-state index contributed by atoms with van der Waals surface area (Å²) in [6.07, 6.45) is -3.08. The summed E-state index contributed by atoms with van der Waals surface area (Å²) in [5.74, 6) is -17.5. The first kappa shape index (κ1) is 19.1. The van der Waals surface area contributed by atoms with Gasteiger partial charge in [-0.25, -0.2) is 4.79 Å². The van der Waals surface area contributed by atoms with Gasteiger partial charge in [0, 0.05) is 11.8 Å². The lowest BCUT2D eigenvalue weighted by Crippen LogP contribution is -2.62. The summed E-state index contributed by atoms with van der Waals surface area (Å²) in [7, 11) is -4.03. The fourth-order valence-electron chi connectivity index (χ4n) is 3.67. The first-order valence-corrected chi connectivity index (χ1v) is 8.53. The summed E-state index contributed by atoms with van der Waals surface area (Å²) >= 11 is 0. The van der Waals surface area contributed by atoms with E-state index in [2.05, 4.69) is 8.92 Å². The van der Waals surface area contributed by atoms with Gasteiger partial charge in [-0.2, -0.15) is 26.0 Å². The molecule has 0 aromatic rings. The summed E-state index contributed by atoms with van der Waals surface area (Å²) in [5, 5.41) is 9.03. The van der Waals surface area contributed by atoms with E-state index in [1.165, 1.54) is 0 Å². The smallest absolute Gasteiger partial charge is 0.455 e. The van der Waals surface area contributed by atoms with Crippen molar-refractivity contribution in [3.8, 4) is 0 Å². The highest BCUT2D eigenvalue weighted by Crippen LogP contribution is 2.56. The first-order chi connectivity index (χ1) is 11.6. The third-order valence-electron chi connectivity index (χ3n) is 4.91. The maximum atomic E-state index is 13.6. The van der Waals surface area contributed by atoms with E-state index < -0.39 is 68.2 Å². The largest absolute Gasteiger partial charge is 0.583 e. The number of nitrogens with zero attached hydrogens (tertiary/aromatic N) is 1. The van der Waals surface area contributed by atoms with Crippen molar-refractivity contribution >= 4 is 16.1 Å². The number of hydrogen-bond donors (Lipinski definition) is 0. The Morgan fingerprint density at radius 3 is 2.27 bits per heavy atom. The van der Waals surface area contributed by atoms with E-state index in [-0.39, 0.29) is 12.8 Å². The monoisotopic (exact) mass is 413 g/mol. The van der Waals surface area contributed by atoms with Crippen LogP contribution in [0, 0.1) is 22.0 Å². The van der Waals surface area contributed by atoms with Crippen molar-refractivity contribution in [1.29, 1.82) is 0 Å². The molecule has 3 rings (SSSR count). The molecule has 5 atom stereocenters. The normalized spacial score (nSPS) is 35.5. The predicted molar refractivity (Wildman–Crippen MR) is 65.5 cm³/mol. The summed E-state index contributed by atoms with van der Waals surface area (Å²) in [6.45, 7) is 0. The van der Waals surface area contributed by atoms with E-state index in [9.17, 15) is 49.7 Å². The quantitative estimate of drug-likeness (QED) is 0.166. The van der Waals surface area contributed by atoms with Crippen molar-refractivity contribution in [2.75, 3.05) is 0 Å². The Labute approximate surface area is 140 Å². The number of carbonyl (C=O) groups is 1. The van der Waals surface area contributed by atoms with Crippen LogP contribution in [0.3, 0.4) is 0 Å². The van der Waals surface area contributed by atoms with Crippen molar-refractivity contribution < 1.29 is 53.4 Å². The highest BCUT2D eigenvalue weighted by atomic mass is 32.2. The number of rotatable bonds is 5. The molecule has 0 aromatic carbocycles. The molecule has 3 aliphatic rings. The van der Waals surface area contributed by atoms with Crippen LogP contribution in [0.15, 0.2) is 0 Å². The van der Waals surface area contributed by atoms with E-state index in [1.807, 2.05) is 0 Å². The van der Waals surface area contributed by atoms with E-state index in [0.29, 0.717) is 0 Å². The van der Waals surface area contributed by atoms with Crippen LogP contribution < -0.4 is 0 Å². The van der Waals surface area contributed by atoms with Gasteiger partial charge in [0.2, 0.25) is 0 Å². The highest BCUT2D eigenvalue weighted by molar-refractivity contribution is 7.87. The first-order valence-electron chi connectivity index (χ1n) is 7.05. The SMILES string of the molecule is O=C(OC1C2CC3C1OS(=O)(=O)C3C2)C(F)(F)C(F)(F)C(F)(F)[N+](=O)[O-]. The Kier molecular flexibility index (Phi) is 3.83. The molecule has 1 aliphatic heterocycles. The van der Waals surface area contributed by atoms with E-state index in [0.717, 1.165) is 0 Å². The third-order valence-corrected chi connectivity index (χ3v) is 6.69. The topological polar surface area (TPSA) is 113 Å². The van der Waals surface area contributed by atoms with Crippen molar-refractivity contribution in [2.45, 2.75) is 48.2 Å². The Morgan fingerprint density at radius 1 is 1.15 bits per heavy atom. The molecule has 8 nitrogen and oxygen atoms in total. The van der Waals surface area contributed by atoms with Gasteiger partial charge in [-0.1, -0.05) is 0 Å². The summed E-state index contributed by atoms with van der Waals surface area (Å²) in [4.78, 5) is 18.5. The predicted octanol–water partition coefficient (Wildman–Crippen LogP) is 1.18. The Hall–Kier alpha value is -1.64. The number of esters is 1. The fraction of sp³-hybridized carbons (Fsp3) is 0.909. The van der Waals surface area contributed by atoms with Gasteiger partial charge in [0.05, 0.1) is 5.25 Å². The van der Waals surface area contributed by atoms with Crippen molar-refractivity contribution in [3.63, 3.8) is 0 Å². The number of alkyl halides is 6. The molecule has 15 heteroatoms. The van der Waals surface area contributed by atoms with Crippen LogP contribution in [0.4, 0.5) is 26.3 Å². The molecule has 2 aliphatic carbocycles. The second-order valence-corrected chi connectivity index (χ2v) is 8.09. The van der Waals surface area contributed by atoms with Gasteiger partial charge < -0.3 is 4.74 Å². The Morgan fingerprint density at radius 2 is 1.73 bits per heavy atom. The summed E-state index contributed by atoms with van der Waals surface area (Å²) < 4.78 is 112. The highest BCUT2D eigenvalue weighted by Gasteiger charge is 2.84. The Balaban J connectivity index is 1.81. The molecule has 0 radical (unpaired) electrons. The lowest BCUT2D eigenvalue weighted by atomic mass is 9.94. The van der Waals surface area contributed by atoms with Crippen LogP contribution in [-0.2, 0) is 23.8 Å². The average molecular weight is 413 g/mol. The van der Waals surface area contributed by atoms with Gasteiger partial charge in [-0.05, 0) is 12.8 Å². The van der Waals surface area contributed by atoms with E-state index in [4.69, 9.17) is 0 Å². The average Bonchev–Trinajstić information content (AvgIpc) is 3.10. The van der Waals surface area contributed by atoms with Gasteiger partial charge in [0.1, 0.15) is 17.1 Å². The molecule has 1 heterocycles. The molecule has 5 unspecified atom stereocenters. The van der Waals surface area contributed by atoms with Crippen LogP contribution in [0.1, 0.15) is 12.8 Å². The summed E-state index contributed by atoms with van der Waals surface area (Å²) in [6, 6.07) is -6.44. The number of ether oxygens (including phenoxy) is 1. The molecule has 26 heavy (non-hydrogen) atoms. The molecule has 148 valence electrons. The zero-order valence-electron chi connectivity index (χ0n) is 12.3. The molecule has 2 saturated carbocycles. The van der Waals surface area contributed by atoms with Crippen LogP contribution >= 0.6 is 0 Å². The molecule has 0 N–H and O–H groups in total. The van der Waals surface area contributed by atoms with Crippen LogP contribution in [-0.4, -0.2) is 54.7 Å². The number of hydrogen-bond acceptors (Lipinski definition) is 7. The third kappa shape index (κ3) is 2.25. The molecule has 0 amide bonds. The second kappa shape index (κ2) is 5.21. The minimum Gasteiger partial charge on any atom is -0.455 e. The molecular formula is C11H9F6NO7S. The fourth-order valence-corrected chi connectivity index (χ4v) is 5.56. The van der Waals surface area contributed by atoms with Crippen molar-refractivity contribution in [3.05, 3.63) is 10.1 Å². The number of fused-ring (bicyclic) bond motifs is 1. The molecular weight excluding hydrogens is 404 g/mol. The van der Waals surface area contributed by atoms with Gasteiger partial charge in [0.25, 0.3) is 10.1 Å². The molecule has 3 fully saturated rings. The minimum absolute atomic E-state index is 0.0968.